The summed E-state index contributed by atoms with van der Waals surface area (Å²) in [5, 5.41) is 1.35. The van der Waals surface area contributed by atoms with Crippen molar-refractivity contribution in [1.29, 1.82) is 0 Å². The van der Waals surface area contributed by atoms with Gasteiger partial charge in [0, 0.05) is 11.6 Å². The molecule has 0 aliphatic heterocycles. The van der Waals surface area contributed by atoms with Crippen LogP contribution in [0, 0.1) is 6.92 Å². The van der Waals surface area contributed by atoms with Crippen LogP contribution in [0.25, 0.3) is 11.0 Å². The van der Waals surface area contributed by atoms with E-state index in [2.05, 4.69) is 21.0 Å². The molecule has 0 radical (unpaired) electrons. The van der Waals surface area contributed by atoms with Gasteiger partial charge in [-0.1, -0.05) is 30.9 Å². The number of pyridine rings is 1. The molecule has 0 saturated heterocycles. The fourth-order valence-electron chi connectivity index (χ4n) is 2.72. The zero-order valence-corrected chi connectivity index (χ0v) is 11.2. The molecule has 1 aliphatic carbocycles. The molecule has 0 N–H and O–H groups in total. The van der Waals surface area contributed by atoms with Gasteiger partial charge in [-0.15, -0.1) is 0 Å². The predicted molar refractivity (Wildman–Crippen MR) is 72.9 cm³/mol. The molecule has 1 aliphatic rings. The maximum atomic E-state index is 6.11. The molecule has 0 aromatic carbocycles. The highest BCUT2D eigenvalue weighted by atomic mass is 35.5. The van der Waals surface area contributed by atoms with Gasteiger partial charge in [-0.25, -0.2) is 15.0 Å². The highest BCUT2D eigenvalue weighted by Gasteiger charge is 2.17. The zero-order valence-electron chi connectivity index (χ0n) is 10.5. The molecule has 0 spiro atoms. The Morgan fingerprint density at radius 2 is 1.83 bits per heavy atom. The second-order valence-corrected chi connectivity index (χ2v) is 5.36. The summed E-state index contributed by atoms with van der Waals surface area (Å²) in [5.74, 6) is 1.28. The van der Waals surface area contributed by atoms with E-state index in [1.807, 2.05) is 13.0 Å². The standard InChI is InChI=1S/C14H16ClN3/c1-9-16-13(15)11-7-8-12(18-14(11)17-9)10-5-3-2-4-6-10/h7-8,10H,2-6H2,1H3. The van der Waals surface area contributed by atoms with E-state index in [4.69, 9.17) is 11.6 Å². The van der Waals surface area contributed by atoms with Crippen molar-refractivity contribution < 1.29 is 0 Å². The van der Waals surface area contributed by atoms with Gasteiger partial charge in [0.05, 0.1) is 5.39 Å². The summed E-state index contributed by atoms with van der Waals surface area (Å²) in [6.07, 6.45) is 6.48. The molecule has 2 heterocycles. The first-order valence-electron chi connectivity index (χ1n) is 6.55. The van der Waals surface area contributed by atoms with Gasteiger partial charge in [0.25, 0.3) is 0 Å². The third-order valence-corrected chi connectivity index (χ3v) is 3.96. The molecule has 94 valence electrons. The van der Waals surface area contributed by atoms with Gasteiger partial charge in [0.15, 0.2) is 5.65 Å². The number of hydrogen-bond acceptors (Lipinski definition) is 3. The van der Waals surface area contributed by atoms with Crippen LogP contribution in [-0.4, -0.2) is 15.0 Å². The fourth-order valence-corrected chi connectivity index (χ4v) is 2.99. The number of aryl methyl sites for hydroxylation is 1. The van der Waals surface area contributed by atoms with Crippen LogP contribution in [0.1, 0.15) is 49.5 Å². The van der Waals surface area contributed by atoms with Crippen LogP contribution in [0.5, 0.6) is 0 Å². The molecule has 3 rings (SSSR count). The highest BCUT2D eigenvalue weighted by molar-refractivity contribution is 6.33. The van der Waals surface area contributed by atoms with Crippen LogP contribution in [0.15, 0.2) is 12.1 Å². The van der Waals surface area contributed by atoms with Crippen LogP contribution in [0.2, 0.25) is 5.15 Å². The minimum atomic E-state index is 0.500. The lowest BCUT2D eigenvalue weighted by Gasteiger charge is -2.21. The Morgan fingerprint density at radius 1 is 1.06 bits per heavy atom. The number of hydrogen-bond donors (Lipinski definition) is 0. The maximum Gasteiger partial charge on any atom is 0.164 e. The lowest BCUT2D eigenvalue weighted by Crippen LogP contribution is -2.07. The molecule has 0 amide bonds. The molecule has 18 heavy (non-hydrogen) atoms. The smallest absolute Gasteiger partial charge is 0.164 e. The second kappa shape index (κ2) is 4.81. The Labute approximate surface area is 112 Å². The summed E-state index contributed by atoms with van der Waals surface area (Å²) in [7, 11) is 0. The number of halogens is 1. The number of nitrogens with zero attached hydrogens (tertiary/aromatic N) is 3. The van der Waals surface area contributed by atoms with Gasteiger partial charge < -0.3 is 0 Å². The molecular formula is C14H16ClN3. The molecule has 2 aromatic rings. The van der Waals surface area contributed by atoms with E-state index in [1.165, 1.54) is 32.1 Å². The summed E-state index contributed by atoms with van der Waals surface area (Å²) in [5.41, 5.74) is 1.90. The number of fused-ring (bicyclic) bond motifs is 1. The van der Waals surface area contributed by atoms with Crippen LogP contribution < -0.4 is 0 Å². The lowest BCUT2D eigenvalue weighted by atomic mass is 9.86. The average molecular weight is 262 g/mol. The molecule has 4 heteroatoms. The van der Waals surface area contributed by atoms with Crippen LogP contribution in [0.3, 0.4) is 0 Å². The summed E-state index contributed by atoms with van der Waals surface area (Å²) in [6, 6.07) is 4.09. The van der Waals surface area contributed by atoms with Crippen LogP contribution in [-0.2, 0) is 0 Å². The predicted octanol–water partition coefficient (Wildman–Crippen LogP) is 4.03. The van der Waals surface area contributed by atoms with Crippen molar-refractivity contribution in [3.8, 4) is 0 Å². The largest absolute Gasteiger partial charge is 0.233 e. The lowest BCUT2D eigenvalue weighted by molar-refractivity contribution is 0.437. The van der Waals surface area contributed by atoms with E-state index < -0.39 is 0 Å². The van der Waals surface area contributed by atoms with Crippen molar-refractivity contribution in [3.05, 3.63) is 28.8 Å². The van der Waals surface area contributed by atoms with Gasteiger partial charge in [0.1, 0.15) is 11.0 Å². The quantitative estimate of drug-likeness (QED) is 0.728. The number of aromatic nitrogens is 3. The normalized spacial score (nSPS) is 17.2. The van der Waals surface area contributed by atoms with Crippen molar-refractivity contribution in [3.63, 3.8) is 0 Å². The van der Waals surface area contributed by atoms with Crippen LogP contribution >= 0.6 is 11.6 Å². The van der Waals surface area contributed by atoms with Crippen molar-refractivity contribution in [2.75, 3.05) is 0 Å². The van der Waals surface area contributed by atoms with Crippen molar-refractivity contribution in [2.24, 2.45) is 0 Å². The fraction of sp³-hybridized carbons (Fsp3) is 0.500. The molecule has 2 aromatic heterocycles. The van der Waals surface area contributed by atoms with Gasteiger partial charge >= 0.3 is 0 Å². The molecule has 3 nitrogen and oxygen atoms in total. The Hall–Kier alpha value is -1.22. The SMILES string of the molecule is Cc1nc(Cl)c2ccc(C3CCCCC3)nc2n1. The molecule has 1 fully saturated rings. The van der Waals surface area contributed by atoms with Crippen molar-refractivity contribution >= 4 is 22.6 Å². The molecule has 0 atom stereocenters. The third kappa shape index (κ3) is 2.19. The topological polar surface area (TPSA) is 38.7 Å². The highest BCUT2D eigenvalue weighted by Crippen LogP contribution is 2.32. The summed E-state index contributed by atoms with van der Waals surface area (Å²) < 4.78 is 0. The zero-order chi connectivity index (χ0) is 12.5. The van der Waals surface area contributed by atoms with Crippen LogP contribution in [0.4, 0.5) is 0 Å². The molecule has 0 unspecified atom stereocenters. The Kier molecular flexibility index (Phi) is 3.16. The minimum absolute atomic E-state index is 0.500. The van der Waals surface area contributed by atoms with E-state index in [0.717, 1.165) is 16.7 Å². The van der Waals surface area contributed by atoms with E-state index in [0.29, 0.717) is 16.9 Å². The van der Waals surface area contributed by atoms with Gasteiger partial charge in [-0.05, 0) is 31.9 Å². The Morgan fingerprint density at radius 3 is 2.61 bits per heavy atom. The summed E-state index contributed by atoms with van der Waals surface area (Å²) in [6.45, 7) is 1.85. The average Bonchev–Trinajstić information content (AvgIpc) is 2.39. The minimum Gasteiger partial charge on any atom is -0.233 e. The van der Waals surface area contributed by atoms with Crippen molar-refractivity contribution in [1.82, 2.24) is 15.0 Å². The first-order chi connectivity index (χ1) is 8.74. The molecule has 1 saturated carbocycles. The first kappa shape index (κ1) is 11.8. The summed E-state index contributed by atoms with van der Waals surface area (Å²) in [4.78, 5) is 13.2. The third-order valence-electron chi connectivity index (χ3n) is 3.67. The van der Waals surface area contributed by atoms with Gasteiger partial charge in [-0.3, -0.25) is 0 Å². The summed E-state index contributed by atoms with van der Waals surface area (Å²) >= 11 is 6.11. The van der Waals surface area contributed by atoms with E-state index in [-0.39, 0.29) is 0 Å². The first-order valence-corrected chi connectivity index (χ1v) is 6.92. The van der Waals surface area contributed by atoms with Gasteiger partial charge in [-0.2, -0.15) is 0 Å². The van der Waals surface area contributed by atoms with Gasteiger partial charge in [0.2, 0.25) is 0 Å². The van der Waals surface area contributed by atoms with E-state index >= 15 is 0 Å². The molecular weight excluding hydrogens is 246 g/mol. The van der Waals surface area contributed by atoms with Crippen molar-refractivity contribution in [2.45, 2.75) is 44.9 Å². The Bertz CT molecular complexity index is 577. The molecule has 0 bridgehead atoms. The Balaban J connectivity index is 2.04. The maximum absolute atomic E-state index is 6.11. The number of rotatable bonds is 1. The monoisotopic (exact) mass is 261 g/mol. The van der Waals surface area contributed by atoms with E-state index in [9.17, 15) is 0 Å². The second-order valence-electron chi connectivity index (χ2n) is 5.00. The van der Waals surface area contributed by atoms with E-state index in [1.54, 1.807) is 0 Å².